The van der Waals surface area contributed by atoms with Gasteiger partial charge in [-0.05, 0) is 25.0 Å². The van der Waals surface area contributed by atoms with E-state index in [4.69, 9.17) is 9.47 Å². The molecule has 17 heavy (non-hydrogen) atoms. The van der Waals surface area contributed by atoms with Gasteiger partial charge in [-0.15, -0.1) is 0 Å². The van der Waals surface area contributed by atoms with Gasteiger partial charge in [0.15, 0.2) is 0 Å². The van der Waals surface area contributed by atoms with Crippen LogP contribution in [0.2, 0.25) is 0 Å². The molecule has 1 aromatic carbocycles. The first-order valence-corrected chi connectivity index (χ1v) is 6.74. The highest BCUT2D eigenvalue weighted by Gasteiger charge is 2.16. The van der Waals surface area contributed by atoms with Crippen LogP contribution in [0.1, 0.15) is 24.9 Å². The molecule has 0 radical (unpaired) electrons. The molecule has 1 aromatic rings. The summed E-state index contributed by atoms with van der Waals surface area (Å²) in [5.41, 5.74) is 1.28. The van der Waals surface area contributed by atoms with Gasteiger partial charge >= 0.3 is 0 Å². The minimum atomic E-state index is 0.272. The molecule has 1 unspecified atom stereocenters. The van der Waals surface area contributed by atoms with Crippen molar-refractivity contribution in [3.05, 3.63) is 34.3 Å². The molecule has 1 N–H and O–H groups in total. The van der Waals surface area contributed by atoms with Crippen LogP contribution in [-0.4, -0.2) is 26.0 Å². The second-order valence-electron chi connectivity index (χ2n) is 4.25. The van der Waals surface area contributed by atoms with Crippen molar-refractivity contribution < 1.29 is 9.47 Å². The normalized spacial score (nSPS) is 22.4. The Balaban J connectivity index is 1.84. The third-order valence-corrected chi connectivity index (χ3v) is 3.72. The summed E-state index contributed by atoms with van der Waals surface area (Å²) in [6.45, 7) is 4.26. The Morgan fingerprint density at radius 3 is 3.00 bits per heavy atom. The third-order valence-electron chi connectivity index (χ3n) is 2.99. The summed E-state index contributed by atoms with van der Waals surface area (Å²) < 4.78 is 11.8. The Hall–Kier alpha value is -0.420. The number of rotatable bonds is 4. The topological polar surface area (TPSA) is 30.5 Å². The summed E-state index contributed by atoms with van der Waals surface area (Å²) >= 11 is 3.57. The van der Waals surface area contributed by atoms with Crippen LogP contribution in [0, 0.1) is 0 Å². The van der Waals surface area contributed by atoms with Gasteiger partial charge in [0.2, 0.25) is 0 Å². The van der Waals surface area contributed by atoms with Crippen LogP contribution in [0.25, 0.3) is 0 Å². The molecule has 1 fully saturated rings. The fourth-order valence-electron chi connectivity index (χ4n) is 1.91. The number of hydrogen-bond donors (Lipinski definition) is 1. The van der Waals surface area contributed by atoms with Gasteiger partial charge in [0, 0.05) is 17.1 Å². The monoisotopic (exact) mass is 299 g/mol. The molecule has 2 atom stereocenters. The van der Waals surface area contributed by atoms with E-state index in [1.165, 1.54) is 5.56 Å². The van der Waals surface area contributed by atoms with Crippen molar-refractivity contribution in [1.82, 2.24) is 5.32 Å². The van der Waals surface area contributed by atoms with E-state index in [9.17, 15) is 0 Å². The zero-order valence-electron chi connectivity index (χ0n) is 9.99. The van der Waals surface area contributed by atoms with E-state index in [1.54, 1.807) is 0 Å². The summed E-state index contributed by atoms with van der Waals surface area (Å²) in [6.07, 6.45) is 1.24. The Morgan fingerprint density at radius 2 is 2.29 bits per heavy atom. The zero-order valence-corrected chi connectivity index (χ0v) is 11.6. The van der Waals surface area contributed by atoms with E-state index in [-0.39, 0.29) is 6.10 Å². The molecule has 1 saturated heterocycles. The van der Waals surface area contributed by atoms with Gasteiger partial charge in [-0.1, -0.05) is 34.1 Å². The average molecular weight is 300 g/mol. The quantitative estimate of drug-likeness (QED) is 0.927. The summed E-state index contributed by atoms with van der Waals surface area (Å²) in [5.74, 6) is 0. The molecule has 0 amide bonds. The largest absolute Gasteiger partial charge is 0.355 e. The summed E-state index contributed by atoms with van der Waals surface area (Å²) in [5, 5.41) is 3.50. The second-order valence-corrected chi connectivity index (χ2v) is 5.11. The van der Waals surface area contributed by atoms with E-state index in [2.05, 4.69) is 46.4 Å². The van der Waals surface area contributed by atoms with E-state index < -0.39 is 0 Å². The standard InChI is InChI=1S/C13H18BrNO2/c1-10(12-4-2-3-5-13(12)14)15-8-11-6-7-16-9-17-11/h2-5,10-11,15H,6-9H2,1H3/t10-,11?/m1/s1. The Morgan fingerprint density at radius 1 is 1.47 bits per heavy atom. The molecule has 1 aliphatic rings. The Kier molecular flexibility index (Phi) is 4.98. The lowest BCUT2D eigenvalue weighted by Gasteiger charge is -2.25. The minimum Gasteiger partial charge on any atom is -0.355 e. The number of hydrogen-bond acceptors (Lipinski definition) is 3. The van der Waals surface area contributed by atoms with Crippen molar-refractivity contribution in [2.24, 2.45) is 0 Å². The molecule has 1 aliphatic heterocycles. The lowest BCUT2D eigenvalue weighted by Crippen LogP contribution is -2.35. The number of ether oxygens (including phenoxy) is 2. The van der Waals surface area contributed by atoms with Crippen LogP contribution in [0.3, 0.4) is 0 Å². The van der Waals surface area contributed by atoms with Crippen molar-refractivity contribution in [2.45, 2.75) is 25.5 Å². The third kappa shape index (κ3) is 3.78. The van der Waals surface area contributed by atoms with Crippen molar-refractivity contribution >= 4 is 15.9 Å². The van der Waals surface area contributed by atoms with Crippen LogP contribution < -0.4 is 5.32 Å². The van der Waals surface area contributed by atoms with Crippen molar-refractivity contribution in [3.63, 3.8) is 0 Å². The fraction of sp³-hybridized carbons (Fsp3) is 0.538. The first-order valence-electron chi connectivity index (χ1n) is 5.94. The lowest BCUT2D eigenvalue weighted by molar-refractivity contribution is -0.137. The highest BCUT2D eigenvalue weighted by molar-refractivity contribution is 9.10. The molecule has 0 bridgehead atoms. The predicted molar refractivity (Wildman–Crippen MR) is 70.9 cm³/mol. The molecule has 1 heterocycles. The van der Waals surface area contributed by atoms with Crippen molar-refractivity contribution in [3.8, 4) is 0 Å². The lowest BCUT2D eigenvalue weighted by atomic mass is 10.1. The van der Waals surface area contributed by atoms with Crippen LogP contribution in [0.15, 0.2) is 28.7 Å². The molecular weight excluding hydrogens is 282 g/mol. The maximum atomic E-state index is 5.50. The van der Waals surface area contributed by atoms with Gasteiger partial charge in [-0.25, -0.2) is 0 Å². The molecule has 2 rings (SSSR count). The molecular formula is C13H18BrNO2. The van der Waals surface area contributed by atoms with E-state index >= 15 is 0 Å². The smallest absolute Gasteiger partial charge is 0.147 e. The van der Waals surface area contributed by atoms with E-state index in [1.807, 2.05) is 6.07 Å². The maximum Gasteiger partial charge on any atom is 0.147 e. The van der Waals surface area contributed by atoms with Crippen LogP contribution in [0.4, 0.5) is 0 Å². The first kappa shape index (κ1) is 13.0. The van der Waals surface area contributed by atoms with Crippen LogP contribution in [0.5, 0.6) is 0 Å². The highest BCUT2D eigenvalue weighted by Crippen LogP contribution is 2.22. The van der Waals surface area contributed by atoms with E-state index in [0.717, 1.165) is 24.0 Å². The zero-order chi connectivity index (χ0) is 12.1. The van der Waals surface area contributed by atoms with Crippen LogP contribution >= 0.6 is 15.9 Å². The van der Waals surface area contributed by atoms with Gasteiger partial charge in [0.05, 0.1) is 12.7 Å². The first-order chi connectivity index (χ1) is 8.27. The fourth-order valence-corrected chi connectivity index (χ4v) is 2.53. The van der Waals surface area contributed by atoms with Gasteiger partial charge in [-0.2, -0.15) is 0 Å². The Bertz CT molecular complexity index is 353. The SMILES string of the molecule is C[C@@H](NCC1CCOCO1)c1ccccc1Br. The Labute approximate surface area is 111 Å². The molecule has 0 aliphatic carbocycles. The van der Waals surface area contributed by atoms with Gasteiger partial charge in [-0.3, -0.25) is 0 Å². The minimum absolute atomic E-state index is 0.272. The maximum absolute atomic E-state index is 5.50. The highest BCUT2D eigenvalue weighted by atomic mass is 79.9. The van der Waals surface area contributed by atoms with Crippen LogP contribution in [-0.2, 0) is 9.47 Å². The predicted octanol–water partition coefficient (Wildman–Crippen LogP) is 2.86. The number of nitrogens with one attached hydrogen (secondary N) is 1. The van der Waals surface area contributed by atoms with Crippen molar-refractivity contribution in [1.29, 1.82) is 0 Å². The van der Waals surface area contributed by atoms with Gasteiger partial charge in [0.25, 0.3) is 0 Å². The second kappa shape index (κ2) is 6.50. The number of halogens is 1. The summed E-state index contributed by atoms with van der Waals surface area (Å²) in [4.78, 5) is 0. The van der Waals surface area contributed by atoms with Gasteiger partial charge in [0.1, 0.15) is 6.79 Å². The molecule has 0 saturated carbocycles. The number of benzene rings is 1. The molecule has 0 spiro atoms. The van der Waals surface area contributed by atoms with E-state index in [0.29, 0.717) is 12.8 Å². The van der Waals surface area contributed by atoms with Crippen molar-refractivity contribution in [2.75, 3.05) is 19.9 Å². The summed E-state index contributed by atoms with van der Waals surface area (Å²) in [6, 6.07) is 8.60. The average Bonchev–Trinajstić information content (AvgIpc) is 2.38. The van der Waals surface area contributed by atoms with Gasteiger partial charge < -0.3 is 14.8 Å². The molecule has 4 heteroatoms. The molecule has 94 valence electrons. The molecule has 0 aromatic heterocycles. The molecule has 3 nitrogen and oxygen atoms in total. The summed E-state index contributed by atoms with van der Waals surface area (Å²) in [7, 11) is 0.